The number of rotatable bonds is 7. The molecule has 0 spiro atoms. The van der Waals surface area contributed by atoms with Crippen LogP contribution in [0.3, 0.4) is 0 Å². The summed E-state index contributed by atoms with van der Waals surface area (Å²) in [7, 11) is -2.76. The molecule has 0 bridgehead atoms. The average molecular weight is 443 g/mol. The first kappa shape index (κ1) is 25.5. The van der Waals surface area contributed by atoms with E-state index >= 15 is 0 Å². The highest BCUT2D eigenvalue weighted by Crippen LogP contribution is 2.23. The average Bonchev–Trinajstić information content (AvgIpc) is 2.61. The van der Waals surface area contributed by atoms with Crippen molar-refractivity contribution in [1.29, 1.82) is 0 Å². The molecule has 0 aromatic rings. The Morgan fingerprint density at radius 1 is 1.27 bits per heavy atom. The van der Waals surface area contributed by atoms with Crippen molar-refractivity contribution in [1.82, 2.24) is 10.0 Å². The van der Waals surface area contributed by atoms with Crippen LogP contribution in [0.4, 0.5) is 4.79 Å². The molecule has 1 aliphatic heterocycles. The summed E-state index contributed by atoms with van der Waals surface area (Å²) in [6.07, 6.45) is 0.846. The van der Waals surface area contributed by atoms with Gasteiger partial charge in [0.05, 0.1) is 24.6 Å². The zero-order valence-corrected chi connectivity index (χ0v) is 19.6. The fraction of sp³-hybridized carbons (Fsp3) is 0.632. The van der Waals surface area contributed by atoms with Gasteiger partial charge < -0.3 is 21.5 Å². The standard InChI is InChI=1S/C19H34N6O4S/c1-11(2)14(21)16(15(22-7)12(3)4)24-18(26)25-30(27,28)13(8-20)17-23-9-19(5,6)10-29-17/h8,11-12H,9-10,20-21H2,1-7H3,(H2,24,25,26). The minimum Gasteiger partial charge on any atom is -0.476 e. The molecule has 0 saturated heterocycles. The number of hydrogen-bond donors (Lipinski definition) is 4. The van der Waals surface area contributed by atoms with E-state index in [4.69, 9.17) is 16.2 Å². The number of amides is 2. The van der Waals surface area contributed by atoms with E-state index in [0.29, 0.717) is 18.0 Å². The highest BCUT2D eigenvalue weighted by molar-refractivity contribution is 7.94. The third kappa shape index (κ3) is 6.48. The minimum absolute atomic E-state index is 0.0490. The van der Waals surface area contributed by atoms with Crippen molar-refractivity contribution in [2.24, 2.45) is 38.7 Å². The molecule has 0 aromatic heterocycles. The van der Waals surface area contributed by atoms with Gasteiger partial charge in [-0.25, -0.2) is 22.9 Å². The maximum Gasteiger partial charge on any atom is 0.333 e. The van der Waals surface area contributed by atoms with E-state index in [0.717, 1.165) is 6.20 Å². The third-order valence-corrected chi connectivity index (χ3v) is 5.67. The smallest absolute Gasteiger partial charge is 0.333 e. The van der Waals surface area contributed by atoms with Crippen LogP contribution in [0.25, 0.3) is 0 Å². The number of nitrogens with two attached hydrogens (primary N) is 2. The fourth-order valence-corrected chi connectivity index (χ4v) is 3.55. The Labute approximate surface area is 179 Å². The molecular weight excluding hydrogens is 408 g/mol. The first-order valence-electron chi connectivity index (χ1n) is 9.65. The normalized spacial score (nSPS) is 18.5. The predicted molar refractivity (Wildman–Crippen MR) is 119 cm³/mol. The van der Waals surface area contributed by atoms with Crippen molar-refractivity contribution < 1.29 is 17.9 Å². The van der Waals surface area contributed by atoms with Gasteiger partial charge in [0.25, 0.3) is 10.0 Å². The summed E-state index contributed by atoms with van der Waals surface area (Å²) in [5.41, 5.74) is 12.6. The molecule has 0 fully saturated rings. The molecule has 0 unspecified atom stereocenters. The van der Waals surface area contributed by atoms with E-state index in [2.05, 4.69) is 15.3 Å². The highest BCUT2D eigenvalue weighted by Gasteiger charge is 2.32. The van der Waals surface area contributed by atoms with Crippen molar-refractivity contribution >= 4 is 27.7 Å². The van der Waals surface area contributed by atoms with E-state index in [9.17, 15) is 13.2 Å². The van der Waals surface area contributed by atoms with Crippen molar-refractivity contribution in [3.8, 4) is 0 Å². The molecule has 10 nitrogen and oxygen atoms in total. The van der Waals surface area contributed by atoms with Gasteiger partial charge in [0, 0.05) is 24.4 Å². The van der Waals surface area contributed by atoms with E-state index in [1.807, 2.05) is 46.3 Å². The van der Waals surface area contributed by atoms with Gasteiger partial charge in [0.15, 0.2) is 4.91 Å². The summed E-state index contributed by atoms with van der Waals surface area (Å²) < 4.78 is 32.9. The Morgan fingerprint density at radius 3 is 2.27 bits per heavy atom. The maximum atomic E-state index is 12.7. The van der Waals surface area contributed by atoms with Crippen LogP contribution in [-0.4, -0.2) is 46.3 Å². The molecule has 1 rings (SSSR count). The first-order valence-corrected chi connectivity index (χ1v) is 11.1. The van der Waals surface area contributed by atoms with Crippen LogP contribution >= 0.6 is 0 Å². The summed E-state index contributed by atoms with van der Waals surface area (Å²) >= 11 is 0. The Balaban J connectivity index is 3.14. The van der Waals surface area contributed by atoms with Crippen LogP contribution in [0, 0.1) is 17.3 Å². The number of urea groups is 1. The maximum absolute atomic E-state index is 12.7. The lowest BCUT2D eigenvalue weighted by atomic mass is 9.94. The quantitative estimate of drug-likeness (QED) is 0.436. The van der Waals surface area contributed by atoms with Crippen molar-refractivity contribution in [3.63, 3.8) is 0 Å². The van der Waals surface area contributed by atoms with Crippen LogP contribution in [0.2, 0.25) is 0 Å². The Bertz CT molecular complexity index is 883. The lowest BCUT2D eigenvalue weighted by molar-refractivity contribution is 0.157. The van der Waals surface area contributed by atoms with E-state index in [-0.39, 0.29) is 35.5 Å². The van der Waals surface area contributed by atoms with Crippen molar-refractivity contribution in [2.45, 2.75) is 41.5 Å². The monoisotopic (exact) mass is 442 g/mol. The number of nitrogens with one attached hydrogen (secondary N) is 2. The van der Waals surface area contributed by atoms with Crippen LogP contribution in [0.1, 0.15) is 41.5 Å². The highest BCUT2D eigenvalue weighted by atomic mass is 32.2. The topological polar surface area (TPSA) is 161 Å². The number of sulfonamides is 1. The van der Waals surface area contributed by atoms with Gasteiger partial charge in [-0.05, 0) is 11.8 Å². The lowest BCUT2D eigenvalue weighted by Gasteiger charge is -2.28. The molecule has 170 valence electrons. The van der Waals surface area contributed by atoms with Gasteiger partial charge in [-0.15, -0.1) is 0 Å². The van der Waals surface area contributed by atoms with Gasteiger partial charge in [0.2, 0.25) is 5.90 Å². The van der Waals surface area contributed by atoms with Crippen LogP contribution in [0.15, 0.2) is 32.5 Å². The minimum atomic E-state index is -4.34. The third-order valence-electron chi connectivity index (χ3n) is 4.32. The molecule has 1 aliphatic rings. The number of carbonyl (C=O) groups excluding carboxylic acids is 1. The molecule has 2 amide bonds. The fourth-order valence-electron chi connectivity index (χ4n) is 2.61. The van der Waals surface area contributed by atoms with Gasteiger partial charge in [-0.1, -0.05) is 41.5 Å². The molecular formula is C19H34N6O4S. The molecule has 6 N–H and O–H groups in total. The Morgan fingerprint density at radius 2 is 1.87 bits per heavy atom. The second-order valence-electron chi connectivity index (χ2n) is 8.41. The zero-order chi connectivity index (χ0) is 23.3. The number of nitrogens with zero attached hydrogens (tertiary/aromatic N) is 2. The van der Waals surface area contributed by atoms with Gasteiger partial charge >= 0.3 is 6.03 Å². The molecule has 0 aromatic carbocycles. The molecule has 1 heterocycles. The summed E-state index contributed by atoms with van der Waals surface area (Å²) in [6, 6.07) is -0.994. The molecule has 0 atom stereocenters. The number of ether oxygens (including phenoxy) is 1. The van der Waals surface area contributed by atoms with Crippen LogP contribution in [-0.2, 0) is 14.8 Å². The first-order chi connectivity index (χ1) is 13.8. The number of aliphatic imine (C=N–C) groups is 2. The molecule has 0 aliphatic carbocycles. The SMILES string of the molecule is CN=C(C(NC(=O)NS(=O)(=O)C(=CN)C1=NCC(C)(C)CO1)=C(N)C(C)C)C(C)C. The number of carbonyl (C=O) groups is 1. The zero-order valence-electron chi connectivity index (χ0n) is 18.7. The van der Waals surface area contributed by atoms with Gasteiger partial charge in [-0.3, -0.25) is 4.99 Å². The van der Waals surface area contributed by atoms with E-state index in [1.165, 1.54) is 0 Å². The number of hydrogen-bond acceptors (Lipinski definition) is 8. The van der Waals surface area contributed by atoms with Crippen molar-refractivity contribution in [2.75, 3.05) is 20.2 Å². The second kappa shape index (κ2) is 9.96. The van der Waals surface area contributed by atoms with E-state index in [1.54, 1.807) is 7.05 Å². The Kier molecular flexibility index (Phi) is 8.46. The van der Waals surface area contributed by atoms with E-state index < -0.39 is 21.0 Å². The molecule has 0 radical (unpaired) electrons. The van der Waals surface area contributed by atoms with Crippen molar-refractivity contribution in [3.05, 3.63) is 22.5 Å². The lowest BCUT2D eigenvalue weighted by Crippen LogP contribution is -2.44. The summed E-state index contributed by atoms with van der Waals surface area (Å²) in [6.45, 7) is 12.0. The number of allylic oxidation sites excluding steroid dienone is 2. The summed E-state index contributed by atoms with van der Waals surface area (Å²) in [5, 5.41) is 2.53. The molecule has 30 heavy (non-hydrogen) atoms. The van der Waals surface area contributed by atoms with Crippen LogP contribution < -0.4 is 21.5 Å². The van der Waals surface area contributed by atoms with Crippen LogP contribution in [0.5, 0.6) is 0 Å². The second-order valence-corrected chi connectivity index (χ2v) is 10.1. The summed E-state index contributed by atoms with van der Waals surface area (Å²) in [5.74, 6) is -0.278. The summed E-state index contributed by atoms with van der Waals surface area (Å²) in [4.78, 5) is 20.5. The predicted octanol–water partition coefficient (Wildman–Crippen LogP) is 1.42. The molecule has 11 heteroatoms. The molecule has 0 saturated carbocycles. The van der Waals surface area contributed by atoms with Gasteiger partial charge in [0.1, 0.15) is 0 Å². The largest absolute Gasteiger partial charge is 0.476 e. The Hall–Kier alpha value is -2.56. The van der Waals surface area contributed by atoms with Gasteiger partial charge in [-0.2, -0.15) is 0 Å².